The van der Waals surface area contributed by atoms with Crippen LogP contribution in [0.3, 0.4) is 0 Å². The molecule has 17 heavy (non-hydrogen) atoms. The second kappa shape index (κ2) is 4.40. The average molecular weight is 237 g/mol. The minimum Gasteiger partial charge on any atom is -0.478 e. The van der Waals surface area contributed by atoms with Gasteiger partial charge in [-0.25, -0.2) is 4.79 Å². The van der Waals surface area contributed by atoms with E-state index >= 15 is 0 Å². The molecule has 1 aliphatic rings. The Kier molecular flexibility index (Phi) is 2.95. The van der Waals surface area contributed by atoms with Gasteiger partial charge in [-0.15, -0.1) is 0 Å². The normalized spacial score (nSPS) is 16.2. The van der Waals surface area contributed by atoms with Crippen LogP contribution in [0.25, 0.3) is 0 Å². The van der Waals surface area contributed by atoms with E-state index in [4.69, 9.17) is 9.84 Å². The summed E-state index contributed by atoms with van der Waals surface area (Å²) in [6.07, 6.45) is 0.589. The first-order valence-corrected chi connectivity index (χ1v) is 5.22. The molecule has 6 nitrogen and oxygen atoms in total. The Bertz CT molecular complexity index is 455. The van der Waals surface area contributed by atoms with E-state index in [1.165, 1.54) is 18.2 Å². The molecule has 0 bridgehead atoms. The van der Waals surface area contributed by atoms with Gasteiger partial charge >= 0.3 is 11.7 Å². The molecule has 1 aliphatic carbocycles. The van der Waals surface area contributed by atoms with Crippen molar-refractivity contribution in [1.82, 2.24) is 0 Å². The van der Waals surface area contributed by atoms with Crippen molar-refractivity contribution in [3.05, 3.63) is 34.4 Å². The van der Waals surface area contributed by atoms with Gasteiger partial charge in [0.15, 0.2) is 11.9 Å². The highest BCUT2D eigenvalue weighted by Gasteiger charge is 2.39. The zero-order valence-corrected chi connectivity index (χ0v) is 8.91. The molecular weight excluding hydrogens is 226 g/mol. The van der Waals surface area contributed by atoms with Gasteiger partial charge in [-0.1, -0.05) is 12.1 Å². The summed E-state index contributed by atoms with van der Waals surface area (Å²) in [6, 6.07) is 5.80. The number of benzene rings is 1. The van der Waals surface area contributed by atoms with Crippen molar-refractivity contribution in [1.29, 1.82) is 0 Å². The third-order valence-corrected chi connectivity index (χ3v) is 2.61. The van der Waals surface area contributed by atoms with Gasteiger partial charge < -0.3 is 9.84 Å². The SMILES string of the molecule is O=C(O)C(Oc1ccccc1[N+](=O)[O-])C1CC1. The molecule has 1 saturated carbocycles. The lowest BCUT2D eigenvalue weighted by Gasteiger charge is -2.13. The van der Waals surface area contributed by atoms with Gasteiger partial charge in [-0.2, -0.15) is 0 Å². The van der Waals surface area contributed by atoms with Gasteiger partial charge in [0.05, 0.1) is 4.92 Å². The first-order valence-electron chi connectivity index (χ1n) is 5.22. The number of aliphatic carboxylic acids is 1. The second-order valence-electron chi connectivity index (χ2n) is 3.94. The number of carbonyl (C=O) groups is 1. The van der Waals surface area contributed by atoms with Crippen molar-refractivity contribution in [3.63, 3.8) is 0 Å². The highest BCUT2D eigenvalue weighted by molar-refractivity contribution is 5.74. The maximum atomic E-state index is 11.0. The number of rotatable bonds is 5. The molecule has 0 heterocycles. The molecule has 0 spiro atoms. The first kappa shape index (κ1) is 11.4. The Labute approximate surface area is 97.0 Å². The molecule has 0 radical (unpaired) electrons. The zero-order valence-electron chi connectivity index (χ0n) is 8.91. The fourth-order valence-corrected chi connectivity index (χ4v) is 1.59. The van der Waals surface area contributed by atoms with E-state index < -0.39 is 17.0 Å². The van der Waals surface area contributed by atoms with Crippen LogP contribution < -0.4 is 4.74 Å². The van der Waals surface area contributed by atoms with Gasteiger partial charge in [0.2, 0.25) is 0 Å². The van der Waals surface area contributed by atoms with Crippen molar-refractivity contribution >= 4 is 11.7 Å². The smallest absolute Gasteiger partial charge is 0.345 e. The molecule has 1 aromatic rings. The molecular formula is C11H11NO5. The van der Waals surface area contributed by atoms with Crippen molar-refractivity contribution in [2.45, 2.75) is 18.9 Å². The topological polar surface area (TPSA) is 89.7 Å². The minimum atomic E-state index is -1.08. The standard InChI is InChI=1S/C11H11NO5/c13-11(14)10(7-5-6-7)17-9-4-2-1-3-8(9)12(15)16/h1-4,7,10H,5-6H2,(H,13,14). The van der Waals surface area contributed by atoms with E-state index in [2.05, 4.69) is 0 Å². The lowest BCUT2D eigenvalue weighted by atomic mass is 10.2. The number of nitrogens with zero attached hydrogens (tertiary/aromatic N) is 1. The van der Waals surface area contributed by atoms with E-state index in [1.54, 1.807) is 6.07 Å². The van der Waals surface area contributed by atoms with Crippen LogP contribution in [0.5, 0.6) is 5.75 Å². The monoisotopic (exact) mass is 237 g/mol. The molecule has 1 N–H and O–H groups in total. The molecule has 2 rings (SSSR count). The fourth-order valence-electron chi connectivity index (χ4n) is 1.59. The Hall–Kier alpha value is -2.11. The van der Waals surface area contributed by atoms with Crippen molar-refractivity contribution in [3.8, 4) is 5.75 Å². The zero-order chi connectivity index (χ0) is 12.4. The Morgan fingerprint density at radius 2 is 2.12 bits per heavy atom. The van der Waals surface area contributed by atoms with Crippen LogP contribution in [-0.2, 0) is 4.79 Å². The quantitative estimate of drug-likeness (QED) is 0.623. The molecule has 0 aromatic heterocycles. The molecule has 1 atom stereocenters. The lowest BCUT2D eigenvalue weighted by molar-refractivity contribution is -0.386. The fraction of sp³-hybridized carbons (Fsp3) is 0.364. The minimum absolute atomic E-state index is 0.0109. The summed E-state index contributed by atoms with van der Waals surface area (Å²) < 4.78 is 5.25. The molecule has 0 aliphatic heterocycles. The predicted octanol–water partition coefficient (Wildman–Crippen LogP) is 1.84. The van der Waals surface area contributed by atoms with Crippen LogP contribution in [-0.4, -0.2) is 22.1 Å². The van der Waals surface area contributed by atoms with Gasteiger partial charge in [0.1, 0.15) is 0 Å². The maximum Gasteiger partial charge on any atom is 0.345 e. The van der Waals surface area contributed by atoms with Crippen LogP contribution in [0.1, 0.15) is 12.8 Å². The largest absolute Gasteiger partial charge is 0.478 e. The highest BCUT2D eigenvalue weighted by atomic mass is 16.6. The number of hydrogen-bond acceptors (Lipinski definition) is 4. The summed E-state index contributed by atoms with van der Waals surface area (Å²) in [5, 5.41) is 19.7. The third kappa shape index (κ3) is 2.52. The van der Waals surface area contributed by atoms with Gasteiger partial charge in [-0.05, 0) is 18.9 Å². The lowest BCUT2D eigenvalue weighted by Crippen LogP contribution is -2.29. The molecule has 6 heteroatoms. The summed E-state index contributed by atoms with van der Waals surface area (Å²) in [6.45, 7) is 0. The molecule has 1 unspecified atom stereocenters. The Balaban J connectivity index is 2.22. The van der Waals surface area contributed by atoms with Gasteiger partial charge in [0.25, 0.3) is 0 Å². The average Bonchev–Trinajstić information content (AvgIpc) is 3.09. The van der Waals surface area contributed by atoms with E-state index in [9.17, 15) is 14.9 Å². The summed E-state index contributed by atoms with van der Waals surface area (Å²) in [5.41, 5.74) is -0.209. The first-order chi connectivity index (χ1) is 8.09. The van der Waals surface area contributed by atoms with Crippen molar-refractivity contribution < 1.29 is 19.6 Å². The van der Waals surface area contributed by atoms with Crippen LogP contribution in [0.4, 0.5) is 5.69 Å². The van der Waals surface area contributed by atoms with Crippen LogP contribution in [0.2, 0.25) is 0 Å². The van der Waals surface area contributed by atoms with Gasteiger partial charge in [-0.3, -0.25) is 10.1 Å². The van der Waals surface area contributed by atoms with Crippen LogP contribution >= 0.6 is 0 Å². The Morgan fingerprint density at radius 3 is 2.65 bits per heavy atom. The van der Waals surface area contributed by atoms with Crippen LogP contribution in [0.15, 0.2) is 24.3 Å². The number of nitro groups is 1. The highest BCUT2D eigenvalue weighted by Crippen LogP contribution is 2.37. The third-order valence-electron chi connectivity index (χ3n) is 2.61. The van der Waals surface area contributed by atoms with E-state index in [0.29, 0.717) is 0 Å². The Morgan fingerprint density at radius 1 is 1.47 bits per heavy atom. The van der Waals surface area contributed by atoms with Gasteiger partial charge in [0, 0.05) is 12.0 Å². The summed E-state index contributed by atoms with van der Waals surface area (Å²) in [5.74, 6) is -1.10. The summed E-state index contributed by atoms with van der Waals surface area (Å²) in [4.78, 5) is 21.1. The maximum absolute atomic E-state index is 11.0. The van der Waals surface area contributed by atoms with Crippen molar-refractivity contribution in [2.24, 2.45) is 5.92 Å². The molecule has 90 valence electrons. The number of para-hydroxylation sites is 2. The summed E-state index contributed by atoms with van der Waals surface area (Å²) >= 11 is 0. The van der Waals surface area contributed by atoms with Crippen molar-refractivity contribution in [2.75, 3.05) is 0 Å². The summed E-state index contributed by atoms with van der Waals surface area (Å²) in [7, 11) is 0. The van der Waals surface area contributed by atoms with E-state index in [1.807, 2.05) is 0 Å². The molecule has 0 amide bonds. The number of carboxylic acid groups (broad SMARTS) is 1. The predicted molar refractivity (Wildman–Crippen MR) is 57.9 cm³/mol. The molecule has 1 fully saturated rings. The molecule has 1 aromatic carbocycles. The number of ether oxygens (including phenoxy) is 1. The number of nitro benzene ring substituents is 1. The number of carboxylic acids is 1. The number of hydrogen-bond donors (Lipinski definition) is 1. The van der Waals surface area contributed by atoms with E-state index in [-0.39, 0.29) is 17.4 Å². The van der Waals surface area contributed by atoms with E-state index in [0.717, 1.165) is 12.8 Å². The second-order valence-corrected chi connectivity index (χ2v) is 3.94. The van der Waals surface area contributed by atoms with Crippen LogP contribution in [0, 0.1) is 16.0 Å². The molecule has 0 saturated heterocycles.